The summed E-state index contributed by atoms with van der Waals surface area (Å²) < 4.78 is 34.7. The van der Waals surface area contributed by atoms with Gasteiger partial charge in [-0.25, -0.2) is 13.6 Å². The number of aromatic nitrogens is 1. The topological polar surface area (TPSA) is 31.2 Å². The fraction of sp³-hybridized carbons (Fsp3) is 0.118. The quantitative estimate of drug-likeness (QED) is 0.445. The normalized spacial score (nSPS) is 11.0. The van der Waals surface area contributed by atoms with Crippen LogP contribution < -0.4 is 0 Å². The third-order valence-electron chi connectivity index (χ3n) is 3.75. The molecule has 3 rings (SSSR count). The summed E-state index contributed by atoms with van der Waals surface area (Å²) in [6.45, 7) is 0. The maximum atomic E-state index is 14.2. The lowest BCUT2D eigenvalue weighted by atomic mass is 10.1. The van der Waals surface area contributed by atoms with E-state index in [1.165, 1.54) is 19.2 Å². The molecular weight excluding hydrogens is 415 g/mol. The molecule has 0 aliphatic rings. The van der Waals surface area contributed by atoms with Gasteiger partial charge < -0.3 is 9.30 Å². The first kappa shape index (κ1) is 15.9. The number of methoxy groups -OCH3 is 1. The van der Waals surface area contributed by atoms with Crippen LogP contribution in [0.1, 0.15) is 10.4 Å². The highest BCUT2D eigenvalue weighted by atomic mass is 127. The fourth-order valence-electron chi connectivity index (χ4n) is 2.62. The van der Waals surface area contributed by atoms with Crippen molar-refractivity contribution >= 4 is 39.5 Å². The van der Waals surface area contributed by atoms with E-state index in [4.69, 9.17) is 4.74 Å². The van der Waals surface area contributed by atoms with Gasteiger partial charge in [-0.2, -0.15) is 0 Å². The zero-order chi connectivity index (χ0) is 16.7. The van der Waals surface area contributed by atoms with Crippen LogP contribution >= 0.6 is 22.6 Å². The average molecular weight is 427 g/mol. The van der Waals surface area contributed by atoms with Crippen LogP contribution in [0.5, 0.6) is 0 Å². The number of carbonyl (C=O) groups is 1. The number of benzene rings is 2. The molecule has 0 saturated heterocycles. The van der Waals surface area contributed by atoms with Crippen molar-refractivity contribution in [1.29, 1.82) is 0 Å². The molecule has 3 aromatic rings. The van der Waals surface area contributed by atoms with Gasteiger partial charge in [0.1, 0.15) is 11.6 Å². The molecule has 118 valence electrons. The van der Waals surface area contributed by atoms with Crippen LogP contribution in [0, 0.1) is 15.2 Å². The molecule has 0 radical (unpaired) electrons. The lowest BCUT2D eigenvalue weighted by molar-refractivity contribution is 0.0601. The molecule has 0 unspecified atom stereocenters. The van der Waals surface area contributed by atoms with Crippen molar-refractivity contribution in [1.82, 2.24) is 4.57 Å². The molecule has 23 heavy (non-hydrogen) atoms. The maximum Gasteiger partial charge on any atom is 0.337 e. The van der Waals surface area contributed by atoms with Crippen molar-refractivity contribution in [3.8, 4) is 11.3 Å². The second kappa shape index (κ2) is 5.92. The van der Waals surface area contributed by atoms with Crippen LogP contribution in [0.3, 0.4) is 0 Å². The fourth-order valence-corrected chi connectivity index (χ4v) is 3.71. The molecular formula is C17H12F2INO2. The van der Waals surface area contributed by atoms with Crippen LogP contribution in [0.4, 0.5) is 8.78 Å². The van der Waals surface area contributed by atoms with E-state index in [2.05, 4.69) is 22.6 Å². The second-order valence-corrected chi connectivity index (χ2v) is 6.15. The molecule has 2 aromatic carbocycles. The van der Waals surface area contributed by atoms with Crippen molar-refractivity contribution in [2.24, 2.45) is 7.05 Å². The minimum absolute atomic E-state index is 0.314. The molecule has 0 aliphatic heterocycles. The van der Waals surface area contributed by atoms with Crippen molar-refractivity contribution < 1.29 is 18.3 Å². The van der Waals surface area contributed by atoms with Crippen molar-refractivity contribution in [3.05, 3.63) is 57.2 Å². The lowest BCUT2D eigenvalue weighted by Crippen LogP contribution is -2.00. The molecule has 0 bridgehead atoms. The van der Waals surface area contributed by atoms with Crippen LogP contribution in [0.25, 0.3) is 22.2 Å². The number of nitrogens with zero attached hydrogens (tertiary/aromatic N) is 1. The standard InChI is InChI=1S/C17H12F2INO2/c1-21-14-6-3-9(17(22)23-2)7-12(14)15(20)16(21)11-5-4-10(18)8-13(11)19/h3-8H,1-2H3. The Morgan fingerprint density at radius 1 is 1.17 bits per heavy atom. The summed E-state index contributed by atoms with van der Waals surface area (Å²) in [5, 5.41) is 0.815. The number of ether oxygens (including phenoxy) is 1. The van der Waals surface area contributed by atoms with Crippen molar-refractivity contribution in [3.63, 3.8) is 0 Å². The summed E-state index contributed by atoms with van der Waals surface area (Å²) in [5.74, 6) is -1.67. The summed E-state index contributed by atoms with van der Waals surface area (Å²) >= 11 is 2.11. The molecule has 0 spiro atoms. The van der Waals surface area contributed by atoms with E-state index in [1.54, 1.807) is 25.2 Å². The number of hydrogen-bond acceptors (Lipinski definition) is 2. The van der Waals surface area contributed by atoms with Gasteiger partial charge in [0.25, 0.3) is 0 Å². The Kier molecular flexibility index (Phi) is 4.09. The SMILES string of the molecule is COC(=O)c1ccc2c(c1)c(I)c(-c1ccc(F)cc1F)n2C. The smallest absolute Gasteiger partial charge is 0.337 e. The van der Waals surface area contributed by atoms with Crippen LogP contribution in [-0.4, -0.2) is 17.6 Å². The predicted octanol–water partition coefficient (Wildman–Crippen LogP) is 4.51. The van der Waals surface area contributed by atoms with Gasteiger partial charge >= 0.3 is 5.97 Å². The van der Waals surface area contributed by atoms with E-state index < -0.39 is 17.6 Å². The number of hydrogen-bond donors (Lipinski definition) is 0. The molecule has 6 heteroatoms. The third kappa shape index (κ3) is 2.60. The average Bonchev–Trinajstić information content (AvgIpc) is 2.78. The first-order valence-electron chi connectivity index (χ1n) is 6.75. The Morgan fingerprint density at radius 3 is 2.57 bits per heavy atom. The summed E-state index contributed by atoms with van der Waals surface area (Å²) in [7, 11) is 3.13. The largest absolute Gasteiger partial charge is 0.465 e. The van der Waals surface area contributed by atoms with Crippen molar-refractivity contribution in [2.45, 2.75) is 0 Å². The zero-order valence-corrected chi connectivity index (χ0v) is 14.5. The highest BCUT2D eigenvalue weighted by molar-refractivity contribution is 14.1. The number of aryl methyl sites for hydroxylation is 1. The summed E-state index contributed by atoms with van der Waals surface area (Å²) in [6, 6.07) is 8.68. The van der Waals surface area contributed by atoms with Crippen molar-refractivity contribution in [2.75, 3.05) is 7.11 Å². The second-order valence-electron chi connectivity index (χ2n) is 5.07. The Balaban J connectivity index is 2.28. The summed E-state index contributed by atoms with van der Waals surface area (Å²) in [5.41, 5.74) is 2.23. The Labute approximate surface area is 145 Å². The summed E-state index contributed by atoms with van der Waals surface area (Å²) in [4.78, 5) is 11.7. The van der Waals surface area contributed by atoms with Gasteiger partial charge in [0.05, 0.1) is 18.4 Å². The third-order valence-corrected chi connectivity index (χ3v) is 4.84. The molecule has 0 amide bonds. The first-order chi connectivity index (χ1) is 10.9. The maximum absolute atomic E-state index is 14.2. The number of fused-ring (bicyclic) bond motifs is 1. The van der Waals surface area contributed by atoms with E-state index in [9.17, 15) is 13.6 Å². The molecule has 0 fully saturated rings. The number of rotatable bonds is 2. The lowest BCUT2D eigenvalue weighted by Gasteiger charge is -2.07. The Morgan fingerprint density at radius 2 is 1.91 bits per heavy atom. The highest BCUT2D eigenvalue weighted by Crippen LogP contribution is 2.36. The first-order valence-corrected chi connectivity index (χ1v) is 7.83. The number of halogens is 3. The molecule has 1 heterocycles. The Hall–Kier alpha value is -1.96. The van der Waals surface area contributed by atoms with E-state index >= 15 is 0 Å². The van der Waals surface area contributed by atoms with Gasteiger partial charge in [-0.3, -0.25) is 0 Å². The van der Waals surface area contributed by atoms with Gasteiger partial charge in [-0.15, -0.1) is 0 Å². The molecule has 0 N–H and O–H groups in total. The number of esters is 1. The highest BCUT2D eigenvalue weighted by Gasteiger charge is 2.19. The molecule has 0 aliphatic carbocycles. The summed E-state index contributed by atoms with van der Waals surface area (Å²) in [6.07, 6.45) is 0. The van der Waals surface area contributed by atoms with E-state index in [0.29, 0.717) is 16.8 Å². The molecule has 0 atom stereocenters. The zero-order valence-electron chi connectivity index (χ0n) is 12.4. The van der Waals surface area contributed by atoms with E-state index in [-0.39, 0.29) is 0 Å². The molecule has 3 nitrogen and oxygen atoms in total. The van der Waals surface area contributed by atoms with Crippen LogP contribution in [-0.2, 0) is 11.8 Å². The monoisotopic (exact) mass is 427 g/mol. The molecule has 1 aromatic heterocycles. The van der Waals surface area contributed by atoms with Gasteiger partial charge in [-0.05, 0) is 52.9 Å². The van der Waals surface area contributed by atoms with Crippen LogP contribution in [0.15, 0.2) is 36.4 Å². The van der Waals surface area contributed by atoms with Gasteiger partial charge in [-0.1, -0.05) is 0 Å². The van der Waals surface area contributed by atoms with Gasteiger partial charge in [0, 0.05) is 33.2 Å². The van der Waals surface area contributed by atoms with Gasteiger partial charge in [0.2, 0.25) is 0 Å². The molecule has 0 saturated carbocycles. The minimum Gasteiger partial charge on any atom is -0.465 e. The minimum atomic E-state index is -0.623. The van der Waals surface area contributed by atoms with E-state index in [1.807, 2.05) is 4.57 Å². The predicted molar refractivity (Wildman–Crippen MR) is 92.3 cm³/mol. The Bertz CT molecular complexity index is 934. The number of carbonyl (C=O) groups excluding carboxylic acids is 1. The van der Waals surface area contributed by atoms with Crippen LogP contribution in [0.2, 0.25) is 0 Å². The van der Waals surface area contributed by atoms with Gasteiger partial charge in [0.15, 0.2) is 0 Å². The van der Waals surface area contributed by atoms with E-state index in [0.717, 1.165) is 20.5 Å².